The Balaban J connectivity index is 1.74. The van der Waals surface area contributed by atoms with E-state index < -0.39 is 0 Å². The Hall–Kier alpha value is -1.09. The molecular formula is C15H23N3. The van der Waals surface area contributed by atoms with Crippen LogP contribution in [0, 0.1) is 12.3 Å². The van der Waals surface area contributed by atoms with Gasteiger partial charge in [0.15, 0.2) is 0 Å². The Morgan fingerprint density at radius 1 is 1.17 bits per heavy atom. The van der Waals surface area contributed by atoms with Gasteiger partial charge in [-0.15, -0.1) is 0 Å². The maximum atomic E-state index is 4.57. The normalized spacial score (nSPS) is 23.8. The molecule has 1 spiro atoms. The van der Waals surface area contributed by atoms with Gasteiger partial charge in [0, 0.05) is 19.3 Å². The summed E-state index contributed by atoms with van der Waals surface area (Å²) in [4.78, 5) is 9.53. The Morgan fingerprint density at radius 3 is 2.61 bits per heavy atom. The summed E-state index contributed by atoms with van der Waals surface area (Å²) in [6.45, 7) is 7.08. The molecule has 0 aromatic carbocycles. The van der Waals surface area contributed by atoms with Gasteiger partial charge in [-0.25, -0.2) is 4.98 Å². The van der Waals surface area contributed by atoms with Crippen molar-refractivity contribution in [2.75, 3.05) is 38.1 Å². The molecule has 3 nitrogen and oxygen atoms in total. The summed E-state index contributed by atoms with van der Waals surface area (Å²) in [5, 5.41) is 0. The zero-order valence-electron chi connectivity index (χ0n) is 11.5. The third-order valence-corrected chi connectivity index (χ3v) is 4.77. The number of aromatic nitrogens is 1. The third-order valence-electron chi connectivity index (χ3n) is 4.77. The van der Waals surface area contributed by atoms with Crippen molar-refractivity contribution in [2.45, 2.75) is 26.2 Å². The van der Waals surface area contributed by atoms with Crippen LogP contribution < -0.4 is 4.90 Å². The van der Waals surface area contributed by atoms with Gasteiger partial charge in [-0.05, 0) is 63.4 Å². The van der Waals surface area contributed by atoms with Crippen molar-refractivity contribution < 1.29 is 0 Å². The van der Waals surface area contributed by atoms with Crippen molar-refractivity contribution in [3.05, 3.63) is 23.9 Å². The smallest absolute Gasteiger partial charge is 0.131 e. The fourth-order valence-electron chi connectivity index (χ4n) is 3.43. The molecule has 0 saturated carbocycles. The van der Waals surface area contributed by atoms with E-state index in [4.69, 9.17) is 0 Å². The van der Waals surface area contributed by atoms with Gasteiger partial charge in [0.1, 0.15) is 5.82 Å². The first kappa shape index (κ1) is 12.0. The summed E-state index contributed by atoms with van der Waals surface area (Å²) in [6.07, 6.45) is 5.97. The number of hydrogen-bond acceptors (Lipinski definition) is 3. The van der Waals surface area contributed by atoms with E-state index in [0.29, 0.717) is 5.41 Å². The van der Waals surface area contributed by atoms with E-state index in [2.05, 4.69) is 34.8 Å². The van der Waals surface area contributed by atoms with E-state index in [1.807, 2.05) is 12.3 Å². The van der Waals surface area contributed by atoms with Crippen molar-refractivity contribution in [1.29, 1.82) is 0 Å². The molecule has 3 rings (SSSR count). The van der Waals surface area contributed by atoms with Crippen molar-refractivity contribution in [1.82, 2.24) is 9.88 Å². The lowest BCUT2D eigenvalue weighted by molar-refractivity contribution is 0.142. The molecule has 0 bridgehead atoms. The summed E-state index contributed by atoms with van der Waals surface area (Å²) < 4.78 is 0. The van der Waals surface area contributed by atoms with Crippen LogP contribution in [0.4, 0.5) is 5.82 Å². The first-order chi connectivity index (χ1) is 8.69. The Morgan fingerprint density at radius 2 is 1.89 bits per heavy atom. The van der Waals surface area contributed by atoms with Gasteiger partial charge in [-0.2, -0.15) is 0 Å². The summed E-state index contributed by atoms with van der Waals surface area (Å²) in [7, 11) is 2.24. The zero-order valence-corrected chi connectivity index (χ0v) is 11.5. The highest BCUT2D eigenvalue weighted by molar-refractivity contribution is 5.47. The fraction of sp³-hybridized carbons (Fsp3) is 0.667. The van der Waals surface area contributed by atoms with Gasteiger partial charge in [-0.3, -0.25) is 0 Å². The third kappa shape index (κ3) is 2.12. The zero-order chi connectivity index (χ0) is 12.6. The van der Waals surface area contributed by atoms with E-state index in [-0.39, 0.29) is 0 Å². The average Bonchev–Trinajstić information content (AvgIpc) is 2.78. The maximum absolute atomic E-state index is 4.57. The van der Waals surface area contributed by atoms with Gasteiger partial charge in [0.2, 0.25) is 0 Å². The molecule has 2 aliphatic heterocycles. The summed E-state index contributed by atoms with van der Waals surface area (Å²) >= 11 is 0. The van der Waals surface area contributed by atoms with Crippen LogP contribution in [0.5, 0.6) is 0 Å². The van der Waals surface area contributed by atoms with Crippen molar-refractivity contribution in [3.63, 3.8) is 0 Å². The summed E-state index contributed by atoms with van der Waals surface area (Å²) in [5.74, 6) is 1.20. The van der Waals surface area contributed by atoms with Gasteiger partial charge in [0.25, 0.3) is 0 Å². The number of aryl methyl sites for hydroxylation is 1. The molecule has 1 aromatic rings. The Labute approximate surface area is 110 Å². The highest BCUT2D eigenvalue weighted by atomic mass is 15.2. The van der Waals surface area contributed by atoms with Crippen LogP contribution in [-0.2, 0) is 0 Å². The number of hydrogen-bond donors (Lipinski definition) is 0. The van der Waals surface area contributed by atoms with Gasteiger partial charge in [-0.1, -0.05) is 6.07 Å². The predicted octanol–water partition coefficient (Wildman–Crippen LogP) is 2.31. The van der Waals surface area contributed by atoms with Gasteiger partial charge < -0.3 is 9.80 Å². The first-order valence-electron chi connectivity index (χ1n) is 7.04. The second-order valence-corrected chi connectivity index (χ2v) is 6.12. The highest BCUT2D eigenvalue weighted by Gasteiger charge is 2.40. The standard InChI is InChI=1S/C15H23N3/c1-13-4-3-8-16-14(13)18-11-7-15(12-18)5-9-17(2)10-6-15/h3-4,8H,5-7,9-12H2,1-2H3. The van der Waals surface area contributed by atoms with Gasteiger partial charge in [0.05, 0.1) is 0 Å². The van der Waals surface area contributed by atoms with E-state index in [0.717, 1.165) is 0 Å². The van der Waals surface area contributed by atoms with Crippen LogP contribution in [-0.4, -0.2) is 43.1 Å². The van der Waals surface area contributed by atoms with Crippen molar-refractivity contribution in [2.24, 2.45) is 5.41 Å². The van der Waals surface area contributed by atoms with Crippen LogP contribution >= 0.6 is 0 Å². The van der Waals surface area contributed by atoms with E-state index in [1.54, 1.807) is 0 Å². The highest BCUT2D eigenvalue weighted by Crippen LogP contribution is 2.41. The summed E-state index contributed by atoms with van der Waals surface area (Å²) in [6, 6.07) is 4.20. The van der Waals surface area contributed by atoms with Crippen LogP contribution in [0.3, 0.4) is 0 Å². The van der Waals surface area contributed by atoms with Crippen molar-refractivity contribution in [3.8, 4) is 0 Å². The topological polar surface area (TPSA) is 19.4 Å². The molecule has 0 atom stereocenters. The van der Waals surface area contributed by atoms with Crippen LogP contribution in [0.25, 0.3) is 0 Å². The molecule has 98 valence electrons. The van der Waals surface area contributed by atoms with Crippen LogP contribution in [0.2, 0.25) is 0 Å². The molecule has 18 heavy (non-hydrogen) atoms. The number of pyridine rings is 1. The molecule has 0 amide bonds. The average molecular weight is 245 g/mol. The second-order valence-electron chi connectivity index (χ2n) is 6.12. The number of anilines is 1. The lowest BCUT2D eigenvalue weighted by Crippen LogP contribution is -2.39. The Kier molecular flexibility index (Phi) is 3.02. The van der Waals surface area contributed by atoms with Gasteiger partial charge >= 0.3 is 0 Å². The van der Waals surface area contributed by atoms with Crippen LogP contribution in [0.15, 0.2) is 18.3 Å². The minimum absolute atomic E-state index is 0.566. The molecule has 0 unspecified atom stereocenters. The second kappa shape index (κ2) is 4.54. The molecule has 2 fully saturated rings. The van der Waals surface area contributed by atoms with Crippen LogP contribution in [0.1, 0.15) is 24.8 Å². The lowest BCUT2D eigenvalue weighted by Gasteiger charge is -2.37. The molecule has 1 aromatic heterocycles. The number of rotatable bonds is 1. The number of nitrogens with zero attached hydrogens (tertiary/aromatic N) is 3. The summed E-state index contributed by atoms with van der Waals surface area (Å²) in [5.41, 5.74) is 1.87. The number of piperidine rings is 1. The number of likely N-dealkylation sites (tertiary alicyclic amines) is 1. The molecule has 3 heterocycles. The molecule has 0 radical (unpaired) electrons. The lowest BCUT2D eigenvalue weighted by atomic mass is 9.78. The van der Waals surface area contributed by atoms with Crippen molar-refractivity contribution >= 4 is 5.82 Å². The molecule has 3 heteroatoms. The molecular weight excluding hydrogens is 222 g/mol. The molecule has 0 aliphatic carbocycles. The van der Waals surface area contributed by atoms with E-state index in [1.165, 1.54) is 56.8 Å². The van der Waals surface area contributed by atoms with E-state index in [9.17, 15) is 0 Å². The quantitative estimate of drug-likeness (QED) is 0.757. The Bertz CT molecular complexity index is 422. The molecule has 2 saturated heterocycles. The predicted molar refractivity (Wildman–Crippen MR) is 75.0 cm³/mol. The monoisotopic (exact) mass is 245 g/mol. The maximum Gasteiger partial charge on any atom is 0.131 e. The first-order valence-corrected chi connectivity index (χ1v) is 7.04. The minimum atomic E-state index is 0.566. The minimum Gasteiger partial charge on any atom is -0.356 e. The fourth-order valence-corrected chi connectivity index (χ4v) is 3.43. The SMILES string of the molecule is Cc1cccnc1N1CCC2(CCN(C)CC2)C1. The molecule has 2 aliphatic rings. The molecule has 0 N–H and O–H groups in total. The van der Waals surface area contributed by atoms with E-state index >= 15 is 0 Å². The largest absolute Gasteiger partial charge is 0.356 e.